The maximum Gasteiger partial charge on any atom is 0.416 e. The molecule has 2 atom stereocenters. The average molecular weight is 558 g/mol. The third-order valence-electron chi connectivity index (χ3n) is 6.61. The highest BCUT2D eigenvalue weighted by molar-refractivity contribution is 5.90. The van der Waals surface area contributed by atoms with E-state index in [1.165, 1.54) is 17.0 Å². The van der Waals surface area contributed by atoms with Crippen molar-refractivity contribution in [1.82, 2.24) is 10.2 Å². The Kier molecular flexibility index (Phi) is 9.28. The fraction of sp³-hybridized carbons (Fsp3) is 0.310. The van der Waals surface area contributed by atoms with Crippen LogP contribution in [0, 0.1) is 0 Å². The first-order chi connectivity index (χ1) is 19.1. The molecule has 11 heteroatoms. The Bertz CT molecular complexity index is 1260. The third-order valence-corrected chi connectivity index (χ3v) is 6.61. The molecular formula is C29H30F3N3O5. The molecule has 0 saturated carbocycles. The van der Waals surface area contributed by atoms with Crippen molar-refractivity contribution in [3.63, 3.8) is 0 Å². The van der Waals surface area contributed by atoms with Crippen LogP contribution in [-0.2, 0) is 28.9 Å². The van der Waals surface area contributed by atoms with E-state index in [0.29, 0.717) is 43.1 Å². The molecule has 1 aliphatic heterocycles. The number of hydrogen-bond donors (Lipinski definition) is 3. The number of carbonyl (C=O) groups excluding carboxylic acids is 2. The van der Waals surface area contributed by atoms with Crippen molar-refractivity contribution in [2.75, 3.05) is 31.1 Å². The van der Waals surface area contributed by atoms with Gasteiger partial charge in [0.25, 0.3) is 11.8 Å². The zero-order chi connectivity index (χ0) is 28.7. The number of halogens is 3. The van der Waals surface area contributed by atoms with E-state index in [9.17, 15) is 33.0 Å². The zero-order valence-electron chi connectivity index (χ0n) is 21.6. The van der Waals surface area contributed by atoms with Crippen molar-refractivity contribution in [2.45, 2.75) is 31.5 Å². The van der Waals surface area contributed by atoms with Crippen LogP contribution in [0.15, 0.2) is 78.9 Å². The van der Waals surface area contributed by atoms with Gasteiger partial charge >= 0.3 is 6.18 Å². The number of carbonyl (C=O) groups is 2. The molecule has 1 fully saturated rings. The number of nitrogens with zero attached hydrogens (tertiary/aromatic N) is 2. The standard InChI is InChI=1S/C29H30F3N3O5/c30-29(31,32)22-10-6-21(7-11-22)19-40-24-12-8-20(9-13-24)18-33-27(38)25(36)26(37)28(39)35-16-14-34(15-17-35)23-4-2-1-3-5-23/h1-13,25-26,36-37H,14-19H2,(H,33,38)/t25-,26-/m1/s1. The van der Waals surface area contributed by atoms with Gasteiger partial charge in [0.05, 0.1) is 5.56 Å². The molecule has 0 spiro atoms. The predicted molar refractivity (Wildman–Crippen MR) is 141 cm³/mol. The van der Waals surface area contributed by atoms with Crippen molar-refractivity contribution in [1.29, 1.82) is 0 Å². The van der Waals surface area contributed by atoms with Crippen LogP contribution in [0.4, 0.5) is 18.9 Å². The SMILES string of the molecule is O=C(NCc1ccc(OCc2ccc(C(F)(F)F)cc2)cc1)[C@H](O)[C@@H](O)C(=O)N1CCN(c2ccccc2)CC1. The Balaban J connectivity index is 1.20. The van der Waals surface area contributed by atoms with Crippen molar-refractivity contribution in [3.05, 3.63) is 95.6 Å². The molecule has 0 unspecified atom stereocenters. The summed E-state index contributed by atoms with van der Waals surface area (Å²) in [6.07, 6.45) is -8.21. The molecule has 212 valence electrons. The number of anilines is 1. The number of benzene rings is 3. The summed E-state index contributed by atoms with van der Waals surface area (Å²) in [4.78, 5) is 28.6. The number of amides is 2. The predicted octanol–water partition coefficient (Wildman–Crippen LogP) is 2.97. The Morgan fingerprint density at radius 3 is 2.02 bits per heavy atom. The Hall–Kier alpha value is -4.09. The number of aliphatic hydroxyl groups excluding tert-OH is 2. The van der Waals surface area contributed by atoms with Crippen LogP contribution in [0.25, 0.3) is 0 Å². The van der Waals surface area contributed by atoms with Gasteiger partial charge in [0.15, 0.2) is 12.2 Å². The summed E-state index contributed by atoms with van der Waals surface area (Å²) in [7, 11) is 0. The molecule has 3 aromatic carbocycles. The van der Waals surface area contributed by atoms with E-state index in [2.05, 4.69) is 10.2 Å². The summed E-state index contributed by atoms with van der Waals surface area (Å²) in [5.41, 5.74) is 1.55. The van der Waals surface area contributed by atoms with Crippen LogP contribution < -0.4 is 15.0 Å². The number of nitrogens with one attached hydrogen (secondary N) is 1. The number of alkyl halides is 3. The lowest BCUT2D eigenvalue weighted by atomic mass is 10.1. The first kappa shape index (κ1) is 28.9. The van der Waals surface area contributed by atoms with Gasteiger partial charge in [-0.15, -0.1) is 0 Å². The lowest BCUT2D eigenvalue weighted by Gasteiger charge is -2.37. The molecule has 4 rings (SSSR count). The van der Waals surface area contributed by atoms with Gasteiger partial charge in [-0.05, 0) is 47.5 Å². The number of piperazine rings is 1. The highest BCUT2D eigenvalue weighted by Gasteiger charge is 2.34. The monoisotopic (exact) mass is 557 g/mol. The molecule has 0 radical (unpaired) electrons. The van der Waals surface area contributed by atoms with Crippen LogP contribution in [0.1, 0.15) is 16.7 Å². The molecule has 8 nitrogen and oxygen atoms in total. The van der Waals surface area contributed by atoms with Gasteiger partial charge in [-0.3, -0.25) is 9.59 Å². The third kappa shape index (κ3) is 7.51. The second-order valence-corrected chi connectivity index (χ2v) is 9.38. The molecular weight excluding hydrogens is 527 g/mol. The minimum atomic E-state index is -4.40. The van der Waals surface area contributed by atoms with E-state index in [-0.39, 0.29) is 13.2 Å². The van der Waals surface area contributed by atoms with Crippen LogP contribution >= 0.6 is 0 Å². The summed E-state index contributed by atoms with van der Waals surface area (Å²) >= 11 is 0. The molecule has 0 bridgehead atoms. The van der Waals surface area contributed by atoms with Crippen LogP contribution in [-0.4, -0.2) is 65.3 Å². The average Bonchev–Trinajstić information content (AvgIpc) is 2.98. The van der Waals surface area contributed by atoms with E-state index >= 15 is 0 Å². The van der Waals surface area contributed by atoms with Gasteiger partial charge in [0, 0.05) is 38.4 Å². The van der Waals surface area contributed by atoms with Gasteiger partial charge in [0.1, 0.15) is 12.4 Å². The van der Waals surface area contributed by atoms with Crippen molar-refractivity contribution < 1.29 is 37.7 Å². The number of hydrogen-bond acceptors (Lipinski definition) is 6. The van der Waals surface area contributed by atoms with Crippen LogP contribution in [0.3, 0.4) is 0 Å². The van der Waals surface area contributed by atoms with Gasteiger partial charge in [-0.1, -0.05) is 42.5 Å². The first-order valence-electron chi connectivity index (χ1n) is 12.7. The maximum absolute atomic E-state index is 12.7. The number of aliphatic hydroxyl groups is 2. The van der Waals surface area contributed by atoms with Crippen molar-refractivity contribution in [3.8, 4) is 5.75 Å². The smallest absolute Gasteiger partial charge is 0.416 e. The molecule has 2 amide bonds. The fourth-order valence-electron chi connectivity index (χ4n) is 4.24. The summed E-state index contributed by atoms with van der Waals surface area (Å²) < 4.78 is 43.6. The van der Waals surface area contributed by atoms with Gasteiger partial charge in [-0.25, -0.2) is 0 Å². The Morgan fingerprint density at radius 1 is 0.825 bits per heavy atom. The molecule has 1 heterocycles. The van der Waals surface area contributed by atoms with E-state index in [1.54, 1.807) is 24.3 Å². The van der Waals surface area contributed by atoms with E-state index < -0.39 is 35.8 Å². The number of ether oxygens (including phenoxy) is 1. The summed E-state index contributed by atoms with van der Waals surface area (Å²) in [5, 5.41) is 23.1. The largest absolute Gasteiger partial charge is 0.489 e. The van der Waals surface area contributed by atoms with E-state index in [4.69, 9.17) is 4.74 Å². The Morgan fingerprint density at radius 2 is 1.43 bits per heavy atom. The quantitative estimate of drug-likeness (QED) is 0.374. The molecule has 3 N–H and O–H groups in total. The summed E-state index contributed by atoms with van der Waals surface area (Å²) in [6, 6.07) is 21.0. The molecule has 1 saturated heterocycles. The first-order valence-corrected chi connectivity index (χ1v) is 12.7. The van der Waals surface area contributed by atoms with E-state index in [1.807, 2.05) is 30.3 Å². The highest BCUT2D eigenvalue weighted by atomic mass is 19.4. The normalized spacial score (nSPS) is 15.3. The van der Waals surface area contributed by atoms with Gasteiger partial charge in [0.2, 0.25) is 0 Å². The lowest BCUT2D eigenvalue weighted by molar-refractivity contribution is -0.153. The van der Waals surface area contributed by atoms with Crippen molar-refractivity contribution >= 4 is 17.5 Å². The van der Waals surface area contributed by atoms with Gasteiger partial charge in [-0.2, -0.15) is 13.2 Å². The topological polar surface area (TPSA) is 102 Å². The minimum Gasteiger partial charge on any atom is -0.489 e. The van der Waals surface area contributed by atoms with E-state index in [0.717, 1.165) is 17.8 Å². The fourth-order valence-corrected chi connectivity index (χ4v) is 4.24. The van der Waals surface area contributed by atoms with Crippen LogP contribution in [0.5, 0.6) is 5.75 Å². The molecule has 40 heavy (non-hydrogen) atoms. The number of para-hydroxylation sites is 1. The zero-order valence-corrected chi connectivity index (χ0v) is 21.6. The number of rotatable bonds is 9. The molecule has 0 aromatic heterocycles. The maximum atomic E-state index is 12.7. The summed E-state index contributed by atoms with van der Waals surface area (Å²) in [5.74, 6) is -1.11. The van der Waals surface area contributed by atoms with Crippen molar-refractivity contribution in [2.24, 2.45) is 0 Å². The Labute approximate surface area is 229 Å². The van der Waals surface area contributed by atoms with Crippen LogP contribution in [0.2, 0.25) is 0 Å². The minimum absolute atomic E-state index is 0.0335. The molecule has 0 aliphatic carbocycles. The molecule has 3 aromatic rings. The second-order valence-electron chi connectivity index (χ2n) is 9.38. The highest BCUT2D eigenvalue weighted by Crippen LogP contribution is 2.29. The second kappa shape index (κ2) is 12.8. The summed E-state index contributed by atoms with van der Waals surface area (Å²) in [6.45, 7) is 1.95. The molecule has 1 aliphatic rings. The lowest BCUT2D eigenvalue weighted by Crippen LogP contribution is -2.55. The van der Waals surface area contributed by atoms with Gasteiger partial charge < -0.3 is 30.1 Å².